The van der Waals surface area contributed by atoms with E-state index in [2.05, 4.69) is 20.4 Å². The molecule has 1 unspecified atom stereocenters. The van der Waals surface area contributed by atoms with Gasteiger partial charge in [0.05, 0.1) is 6.54 Å². The third-order valence-electron chi connectivity index (χ3n) is 4.96. The average Bonchev–Trinajstić information content (AvgIpc) is 3.11. The van der Waals surface area contributed by atoms with Crippen LogP contribution in [-0.4, -0.2) is 45.0 Å². The van der Waals surface area contributed by atoms with Crippen molar-refractivity contribution in [3.05, 3.63) is 65.1 Å². The Morgan fingerprint density at radius 2 is 2.15 bits per heavy atom. The standard InChI is InChI=1S/C20H22ClN5O/c21-17-7-3-5-15(11-17)12-22-19(27)14-25-9-4-6-16(13-25)20-24-23-18-8-1-2-10-26(18)20/h1-3,5,7-8,10-11,16H,4,6,9,12-14H2,(H,22,27). The summed E-state index contributed by atoms with van der Waals surface area (Å²) in [6, 6.07) is 13.5. The summed E-state index contributed by atoms with van der Waals surface area (Å²) in [6.45, 7) is 2.64. The molecule has 3 aromatic rings. The maximum absolute atomic E-state index is 12.4. The first-order valence-corrected chi connectivity index (χ1v) is 9.60. The second-order valence-corrected chi connectivity index (χ2v) is 7.40. The van der Waals surface area contributed by atoms with Crippen molar-refractivity contribution in [1.82, 2.24) is 24.8 Å². The van der Waals surface area contributed by atoms with Gasteiger partial charge in [-0.05, 0) is 49.2 Å². The number of hydrogen-bond acceptors (Lipinski definition) is 4. The Morgan fingerprint density at radius 1 is 1.22 bits per heavy atom. The Morgan fingerprint density at radius 3 is 3.04 bits per heavy atom. The van der Waals surface area contributed by atoms with Crippen LogP contribution in [0.15, 0.2) is 48.7 Å². The molecule has 1 amide bonds. The van der Waals surface area contributed by atoms with E-state index in [9.17, 15) is 4.79 Å². The number of rotatable bonds is 5. The van der Waals surface area contributed by atoms with Gasteiger partial charge in [-0.3, -0.25) is 14.1 Å². The molecule has 0 radical (unpaired) electrons. The molecule has 0 saturated carbocycles. The Kier molecular flexibility index (Phi) is 5.36. The van der Waals surface area contributed by atoms with Crippen molar-refractivity contribution in [3.8, 4) is 0 Å². The lowest BCUT2D eigenvalue weighted by molar-refractivity contribution is -0.122. The third-order valence-corrected chi connectivity index (χ3v) is 5.19. The van der Waals surface area contributed by atoms with Gasteiger partial charge in [-0.25, -0.2) is 0 Å². The average molecular weight is 384 g/mol. The molecule has 1 aliphatic rings. The molecule has 1 N–H and O–H groups in total. The predicted molar refractivity (Wildman–Crippen MR) is 105 cm³/mol. The van der Waals surface area contributed by atoms with Gasteiger partial charge in [0.25, 0.3) is 0 Å². The lowest BCUT2D eigenvalue weighted by Gasteiger charge is -2.31. The van der Waals surface area contributed by atoms with Crippen LogP contribution in [0.3, 0.4) is 0 Å². The van der Waals surface area contributed by atoms with E-state index in [1.54, 1.807) is 0 Å². The largest absolute Gasteiger partial charge is 0.351 e. The van der Waals surface area contributed by atoms with Crippen LogP contribution in [0.25, 0.3) is 5.65 Å². The van der Waals surface area contributed by atoms with Gasteiger partial charge in [-0.15, -0.1) is 10.2 Å². The van der Waals surface area contributed by atoms with Gasteiger partial charge in [-0.1, -0.05) is 29.8 Å². The number of likely N-dealkylation sites (tertiary alicyclic amines) is 1. The number of hydrogen-bond donors (Lipinski definition) is 1. The zero-order valence-corrected chi connectivity index (χ0v) is 15.8. The van der Waals surface area contributed by atoms with E-state index < -0.39 is 0 Å². The molecule has 1 atom stereocenters. The number of carbonyl (C=O) groups is 1. The van der Waals surface area contributed by atoms with Crippen molar-refractivity contribution in [1.29, 1.82) is 0 Å². The van der Waals surface area contributed by atoms with E-state index in [0.29, 0.717) is 18.1 Å². The highest BCUT2D eigenvalue weighted by Gasteiger charge is 2.26. The number of aromatic nitrogens is 3. The normalized spacial score (nSPS) is 17.9. The van der Waals surface area contributed by atoms with E-state index in [0.717, 1.165) is 43.0 Å². The zero-order valence-electron chi connectivity index (χ0n) is 15.0. The smallest absolute Gasteiger partial charge is 0.234 e. The van der Waals surface area contributed by atoms with E-state index >= 15 is 0 Å². The van der Waals surface area contributed by atoms with Crippen molar-refractivity contribution < 1.29 is 4.79 Å². The van der Waals surface area contributed by atoms with Crippen molar-refractivity contribution in [2.75, 3.05) is 19.6 Å². The monoisotopic (exact) mass is 383 g/mol. The Hall–Kier alpha value is -2.44. The first kappa shape index (κ1) is 17.9. The Balaban J connectivity index is 1.35. The topological polar surface area (TPSA) is 62.5 Å². The van der Waals surface area contributed by atoms with Crippen LogP contribution in [0.4, 0.5) is 0 Å². The summed E-state index contributed by atoms with van der Waals surface area (Å²) in [6.07, 6.45) is 4.12. The van der Waals surface area contributed by atoms with Gasteiger partial charge in [0.15, 0.2) is 5.65 Å². The number of pyridine rings is 1. The Labute approximate surface area is 163 Å². The second kappa shape index (κ2) is 8.06. The van der Waals surface area contributed by atoms with Gasteiger partial charge in [0.1, 0.15) is 5.82 Å². The fraction of sp³-hybridized carbons (Fsp3) is 0.350. The minimum Gasteiger partial charge on any atom is -0.351 e. The molecule has 2 aromatic heterocycles. The van der Waals surface area contributed by atoms with Gasteiger partial charge >= 0.3 is 0 Å². The van der Waals surface area contributed by atoms with Gasteiger partial charge < -0.3 is 5.32 Å². The van der Waals surface area contributed by atoms with Crippen LogP contribution in [-0.2, 0) is 11.3 Å². The predicted octanol–water partition coefficient (Wildman–Crippen LogP) is 2.88. The molecule has 3 heterocycles. The molecule has 1 aliphatic heterocycles. The molecule has 0 spiro atoms. The Bertz CT molecular complexity index is 941. The lowest BCUT2D eigenvalue weighted by Crippen LogP contribution is -2.42. The molecule has 6 nitrogen and oxygen atoms in total. The fourth-order valence-electron chi connectivity index (χ4n) is 3.65. The third kappa shape index (κ3) is 4.28. The molecule has 1 fully saturated rings. The molecule has 1 aromatic carbocycles. The number of carbonyl (C=O) groups excluding carboxylic acids is 1. The molecule has 140 valence electrons. The van der Waals surface area contributed by atoms with Crippen molar-refractivity contribution >= 4 is 23.2 Å². The maximum atomic E-state index is 12.4. The lowest BCUT2D eigenvalue weighted by atomic mass is 9.97. The van der Waals surface area contributed by atoms with Gasteiger partial charge in [-0.2, -0.15) is 0 Å². The summed E-state index contributed by atoms with van der Waals surface area (Å²) in [5.74, 6) is 1.30. The second-order valence-electron chi connectivity index (χ2n) is 6.97. The van der Waals surface area contributed by atoms with Crippen LogP contribution in [0.2, 0.25) is 5.02 Å². The summed E-state index contributed by atoms with van der Waals surface area (Å²) in [5, 5.41) is 12.3. The van der Waals surface area contributed by atoms with E-state index in [-0.39, 0.29) is 11.8 Å². The molecule has 0 aliphatic carbocycles. The summed E-state index contributed by atoms with van der Waals surface area (Å²) < 4.78 is 2.05. The fourth-order valence-corrected chi connectivity index (χ4v) is 3.87. The zero-order chi connectivity index (χ0) is 18.6. The summed E-state index contributed by atoms with van der Waals surface area (Å²) in [7, 11) is 0. The number of nitrogens with one attached hydrogen (secondary N) is 1. The van der Waals surface area contributed by atoms with Crippen LogP contribution < -0.4 is 5.32 Å². The van der Waals surface area contributed by atoms with Gasteiger partial charge in [0, 0.05) is 30.2 Å². The SMILES string of the molecule is O=C(CN1CCCC(c2nnc3ccccn23)C1)NCc1cccc(Cl)c1. The van der Waals surface area contributed by atoms with Crippen LogP contribution in [0.5, 0.6) is 0 Å². The van der Waals surface area contributed by atoms with Crippen LogP contribution in [0, 0.1) is 0 Å². The minimum atomic E-state index is 0.0294. The van der Waals surface area contributed by atoms with Crippen LogP contribution >= 0.6 is 11.6 Å². The summed E-state index contributed by atoms with van der Waals surface area (Å²) in [5.41, 5.74) is 1.87. The molecule has 27 heavy (non-hydrogen) atoms. The maximum Gasteiger partial charge on any atom is 0.234 e. The number of amides is 1. The highest BCUT2D eigenvalue weighted by atomic mass is 35.5. The van der Waals surface area contributed by atoms with E-state index in [4.69, 9.17) is 11.6 Å². The number of fused-ring (bicyclic) bond motifs is 1. The molecule has 7 heteroatoms. The van der Waals surface area contributed by atoms with E-state index in [1.807, 2.05) is 53.1 Å². The van der Waals surface area contributed by atoms with Crippen molar-refractivity contribution in [2.45, 2.75) is 25.3 Å². The molecular formula is C20H22ClN5O. The van der Waals surface area contributed by atoms with Crippen molar-refractivity contribution in [2.24, 2.45) is 0 Å². The van der Waals surface area contributed by atoms with Crippen LogP contribution in [0.1, 0.15) is 30.1 Å². The molecule has 1 saturated heterocycles. The first-order valence-electron chi connectivity index (χ1n) is 9.22. The summed E-state index contributed by atoms with van der Waals surface area (Å²) in [4.78, 5) is 14.6. The number of piperidine rings is 1. The highest BCUT2D eigenvalue weighted by molar-refractivity contribution is 6.30. The number of benzene rings is 1. The number of nitrogens with zero attached hydrogens (tertiary/aromatic N) is 4. The molecule has 4 rings (SSSR count). The van der Waals surface area contributed by atoms with E-state index in [1.165, 1.54) is 0 Å². The molecular weight excluding hydrogens is 362 g/mol. The first-order chi connectivity index (χ1) is 13.2. The minimum absolute atomic E-state index is 0.0294. The van der Waals surface area contributed by atoms with Crippen molar-refractivity contribution in [3.63, 3.8) is 0 Å². The van der Waals surface area contributed by atoms with Gasteiger partial charge in [0.2, 0.25) is 5.91 Å². The summed E-state index contributed by atoms with van der Waals surface area (Å²) >= 11 is 5.99. The quantitative estimate of drug-likeness (QED) is 0.735. The highest BCUT2D eigenvalue weighted by Crippen LogP contribution is 2.25. The number of halogens is 1. The molecule has 0 bridgehead atoms.